The summed E-state index contributed by atoms with van der Waals surface area (Å²) in [4.78, 5) is 26.0. The van der Waals surface area contributed by atoms with Crippen molar-refractivity contribution in [2.75, 3.05) is 7.11 Å². The molecule has 2 amide bonds. The molecule has 1 aromatic carbocycles. The maximum Gasteiger partial charge on any atom is 0.245 e. The summed E-state index contributed by atoms with van der Waals surface area (Å²) in [7, 11) is 1.60. The number of nitrogens with zero attached hydrogens (tertiary/aromatic N) is 1. The van der Waals surface area contributed by atoms with Crippen LogP contribution in [0.25, 0.3) is 0 Å². The summed E-state index contributed by atoms with van der Waals surface area (Å²) in [6, 6.07) is 4.78. The number of amides is 2. The molecule has 0 aliphatic carbocycles. The molecule has 0 bridgehead atoms. The van der Waals surface area contributed by atoms with Crippen LogP contribution in [0.15, 0.2) is 22.7 Å². The van der Waals surface area contributed by atoms with Gasteiger partial charge in [0, 0.05) is 6.54 Å². The van der Waals surface area contributed by atoms with Crippen molar-refractivity contribution in [3.63, 3.8) is 0 Å². The van der Waals surface area contributed by atoms with E-state index >= 15 is 0 Å². The topological polar surface area (TPSA) is 58.6 Å². The monoisotopic (exact) mass is 354 g/mol. The first kappa shape index (κ1) is 15.8. The van der Waals surface area contributed by atoms with E-state index in [1.54, 1.807) is 18.9 Å². The zero-order valence-electron chi connectivity index (χ0n) is 12.4. The lowest BCUT2D eigenvalue weighted by Gasteiger charge is -2.37. The van der Waals surface area contributed by atoms with E-state index in [0.717, 1.165) is 15.8 Å². The highest BCUT2D eigenvalue weighted by molar-refractivity contribution is 9.10. The molecule has 0 aromatic heterocycles. The number of halogens is 1. The summed E-state index contributed by atoms with van der Waals surface area (Å²) in [5.74, 6) is 0.604. The standard InChI is InChI=1S/C15H19BrN2O3/c1-4-12-14(19)17-9(2)15(20)18(12)8-10-5-6-13(21-3)11(16)7-10/h5-7,9,12H,4,8H2,1-3H3,(H,17,19). The number of ether oxygens (including phenoxy) is 1. The smallest absolute Gasteiger partial charge is 0.245 e. The molecule has 5 nitrogen and oxygen atoms in total. The Kier molecular flexibility index (Phi) is 4.88. The molecule has 0 spiro atoms. The van der Waals surface area contributed by atoms with Crippen LogP contribution in [0.1, 0.15) is 25.8 Å². The highest BCUT2D eigenvalue weighted by Crippen LogP contribution is 2.27. The Balaban J connectivity index is 2.24. The molecular weight excluding hydrogens is 336 g/mol. The van der Waals surface area contributed by atoms with Crippen LogP contribution in [0.5, 0.6) is 5.75 Å². The maximum absolute atomic E-state index is 12.3. The molecule has 0 radical (unpaired) electrons. The van der Waals surface area contributed by atoms with Crippen molar-refractivity contribution in [3.05, 3.63) is 28.2 Å². The van der Waals surface area contributed by atoms with Gasteiger partial charge in [0.2, 0.25) is 11.8 Å². The molecule has 21 heavy (non-hydrogen) atoms. The molecule has 114 valence electrons. The van der Waals surface area contributed by atoms with Gasteiger partial charge in [0.25, 0.3) is 0 Å². The average molecular weight is 355 g/mol. The SMILES string of the molecule is CCC1C(=O)NC(C)C(=O)N1Cc1ccc(OC)c(Br)c1. The van der Waals surface area contributed by atoms with Gasteiger partial charge in [-0.3, -0.25) is 9.59 Å². The summed E-state index contributed by atoms with van der Waals surface area (Å²) in [6.45, 7) is 4.03. The predicted octanol–water partition coefficient (Wildman–Crippen LogP) is 2.08. The molecule has 1 aliphatic rings. The van der Waals surface area contributed by atoms with Crippen LogP contribution in [0.2, 0.25) is 0 Å². The summed E-state index contributed by atoms with van der Waals surface area (Å²) >= 11 is 3.44. The first-order valence-electron chi connectivity index (χ1n) is 6.91. The van der Waals surface area contributed by atoms with Crippen LogP contribution < -0.4 is 10.1 Å². The fourth-order valence-corrected chi connectivity index (χ4v) is 3.10. The first-order chi connectivity index (χ1) is 9.97. The zero-order chi connectivity index (χ0) is 15.6. The largest absolute Gasteiger partial charge is 0.496 e. The van der Waals surface area contributed by atoms with Crippen LogP contribution in [0.4, 0.5) is 0 Å². The Bertz CT molecular complexity index is 562. The minimum absolute atomic E-state index is 0.0478. The van der Waals surface area contributed by atoms with E-state index in [1.165, 1.54) is 0 Å². The molecule has 1 aromatic rings. The van der Waals surface area contributed by atoms with Gasteiger partial charge in [-0.2, -0.15) is 0 Å². The summed E-state index contributed by atoms with van der Waals surface area (Å²) in [6.07, 6.45) is 0.599. The summed E-state index contributed by atoms with van der Waals surface area (Å²) in [5.41, 5.74) is 0.955. The van der Waals surface area contributed by atoms with Gasteiger partial charge < -0.3 is 15.0 Å². The van der Waals surface area contributed by atoms with Gasteiger partial charge in [0.05, 0.1) is 11.6 Å². The molecule has 6 heteroatoms. The summed E-state index contributed by atoms with van der Waals surface area (Å²) < 4.78 is 6.03. The van der Waals surface area contributed by atoms with E-state index in [1.807, 2.05) is 25.1 Å². The fourth-order valence-electron chi connectivity index (χ4n) is 2.51. The quantitative estimate of drug-likeness (QED) is 0.900. The number of methoxy groups -OCH3 is 1. The van der Waals surface area contributed by atoms with Crippen molar-refractivity contribution in [1.29, 1.82) is 0 Å². The number of rotatable bonds is 4. The van der Waals surface area contributed by atoms with Crippen LogP contribution in [-0.4, -0.2) is 35.9 Å². The van der Waals surface area contributed by atoms with E-state index in [4.69, 9.17) is 4.74 Å². The molecule has 1 N–H and O–H groups in total. The number of hydrogen-bond acceptors (Lipinski definition) is 3. The predicted molar refractivity (Wildman–Crippen MR) is 82.9 cm³/mol. The van der Waals surface area contributed by atoms with E-state index in [2.05, 4.69) is 21.2 Å². The van der Waals surface area contributed by atoms with Gasteiger partial charge in [-0.15, -0.1) is 0 Å². The second-order valence-electron chi connectivity index (χ2n) is 5.09. The molecule has 1 saturated heterocycles. The first-order valence-corrected chi connectivity index (χ1v) is 7.70. The Morgan fingerprint density at radius 2 is 2.10 bits per heavy atom. The number of carbonyl (C=O) groups is 2. The molecule has 2 atom stereocenters. The van der Waals surface area contributed by atoms with E-state index in [9.17, 15) is 9.59 Å². The molecule has 1 aliphatic heterocycles. The second-order valence-corrected chi connectivity index (χ2v) is 5.94. The molecule has 0 saturated carbocycles. The molecule has 2 unspecified atom stereocenters. The van der Waals surface area contributed by atoms with Crippen LogP contribution in [-0.2, 0) is 16.1 Å². The zero-order valence-corrected chi connectivity index (χ0v) is 13.9. The number of hydrogen-bond donors (Lipinski definition) is 1. The minimum Gasteiger partial charge on any atom is -0.496 e. The van der Waals surface area contributed by atoms with Crippen molar-refractivity contribution < 1.29 is 14.3 Å². The molecule has 2 rings (SSSR count). The number of nitrogens with one attached hydrogen (secondary N) is 1. The number of carbonyl (C=O) groups excluding carboxylic acids is 2. The van der Waals surface area contributed by atoms with Gasteiger partial charge in [-0.1, -0.05) is 13.0 Å². The normalized spacial score (nSPS) is 22.2. The molecule has 1 fully saturated rings. The van der Waals surface area contributed by atoms with Crippen molar-refractivity contribution >= 4 is 27.7 Å². The number of piperazine rings is 1. The highest BCUT2D eigenvalue weighted by Gasteiger charge is 2.37. The van der Waals surface area contributed by atoms with Crippen molar-refractivity contribution in [3.8, 4) is 5.75 Å². The Hall–Kier alpha value is -1.56. The lowest BCUT2D eigenvalue weighted by atomic mass is 10.0. The lowest BCUT2D eigenvalue weighted by Crippen LogP contribution is -2.61. The Morgan fingerprint density at radius 1 is 1.38 bits per heavy atom. The lowest BCUT2D eigenvalue weighted by molar-refractivity contribution is -0.149. The van der Waals surface area contributed by atoms with Crippen molar-refractivity contribution in [2.45, 2.75) is 38.9 Å². The van der Waals surface area contributed by atoms with Gasteiger partial charge >= 0.3 is 0 Å². The number of benzene rings is 1. The Labute approximate surface area is 132 Å². The third-order valence-corrected chi connectivity index (χ3v) is 4.27. The van der Waals surface area contributed by atoms with Gasteiger partial charge in [0.1, 0.15) is 17.8 Å². The highest BCUT2D eigenvalue weighted by atomic mass is 79.9. The fraction of sp³-hybridized carbons (Fsp3) is 0.467. The molecule has 1 heterocycles. The maximum atomic E-state index is 12.3. The minimum atomic E-state index is -0.470. The second kappa shape index (κ2) is 6.47. The van der Waals surface area contributed by atoms with Gasteiger partial charge in [-0.25, -0.2) is 0 Å². The van der Waals surface area contributed by atoms with E-state index in [0.29, 0.717) is 13.0 Å². The molecular formula is C15H19BrN2O3. The van der Waals surface area contributed by atoms with Gasteiger partial charge in [-0.05, 0) is 47.0 Å². The van der Waals surface area contributed by atoms with Gasteiger partial charge in [0.15, 0.2) is 0 Å². The third kappa shape index (κ3) is 3.20. The van der Waals surface area contributed by atoms with Crippen molar-refractivity contribution in [2.24, 2.45) is 0 Å². The van der Waals surface area contributed by atoms with Crippen molar-refractivity contribution in [1.82, 2.24) is 10.2 Å². The van der Waals surface area contributed by atoms with Crippen LogP contribution in [0.3, 0.4) is 0 Å². The third-order valence-electron chi connectivity index (χ3n) is 3.65. The van der Waals surface area contributed by atoms with E-state index in [-0.39, 0.29) is 11.8 Å². The summed E-state index contributed by atoms with van der Waals surface area (Å²) in [5, 5.41) is 2.72. The van der Waals surface area contributed by atoms with Crippen LogP contribution in [0, 0.1) is 0 Å². The van der Waals surface area contributed by atoms with E-state index < -0.39 is 12.1 Å². The van der Waals surface area contributed by atoms with Crippen LogP contribution >= 0.6 is 15.9 Å². The Morgan fingerprint density at radius 3 is 2.67 bits per heavy atom. The average Bonchev–Trinajstić information content (AvgIpc) is 2.45.